The molecule has 0 saturated carbocycles. The van der Waals surface area contributed by atoms with Crippen molar-refractivity contribution in [1.29, 1.82) is 0 Å². The van der Waals surface area contributed by atoms with Gasteiger partial charge in [-0.1, -0.05) is 22.0 Å². The third-order valence-electron chi connectivity index (χ3n) is 3.65. The standard InChI is InChI=1S/C18H17BrO4/c1-10-6-12(3)14(7-11(10)2)17(21)9-23-18(22)15-8-13(19)4-5-16(15)20/h4-8,20H,9H2,1-3H3. The first-order chi connectivity index (χ1) is 10.8. The lowest BCUT2D eigenvalue weighted by Gasteiger charge is -2.10. The van der Waals surface area contributed by atoms with E-state index in [0.29, 0.717) is 10.0 Å². The van der Waals surface area contributed by atoms with Gasteiger partial charge in [-0.05, 0) is 61.7 Å². The minimum atomic E-state index is -0.737. The van der Waals surface area contributed by atoms with Crippen molar-refractivity contribution in [3.63, 3.8) is 0 Å². The van der Waals surface area contributed by atoms with Gasteiger partial charge in [-0.2, -0.15) is 0 Å². The molecular weight excluding hydrogens is 360 g/mol. The van der Waals surface area contributed by atoms with Crippen LogP contribution in [0.2, 0.25) is 0 Å². The molecule has 5 heteroatoms. The van der Waals surface area contributed by atoms with Gasteiger partial charge in [0.25, 0.3) is 0 Å². The molecule has 0 aliphatic heterocycles. The molecule has 2 rings (SSSR count). The number of carbonyl (C=O) groups excluding carboxylic acids is 2. The Labute approximate surface area is 143 Å². The summed E-state index contributed by atoms with van der Waals surface area (Å²) in [4.78, 5) is 24.3. The normalized spacial score (nSPS) is 10.4. The van der Waals surface area contributed by atoms with E-state index < -0.39 is 5.97 Å². The summed E-state index contributed by atoms with van der Waals surface area (Å²) in [5, 5.41) is 9.69. The third kappa shape index (κ3) is 3.99. The average Bonchev–Trinajstić information content (AvgIpc) is 2.50. The van der Waals surface area contributed by atoms with E-state index >= 15 is 0 Å². The Morgan fingerprint density at radius 2 is 1.65 bits per heavy atom. The molecule has 0 bridgehead atoms. The van der Waals surface area contributed by atoms with Crippen molar-refractivity contribution >= 4 is 27.7 Å². The SMILES string of the molecule is Cc1cc(C)c(C(=O)COC(=O)c2cc(Br)ccc2O)cc1C. The zero-order valence-corrected chi connectivity index (χ0v) is 14.7. The van der Waals surface area contributed by atoms with Gasteiger partial charge in [0, 0.05) is 10.0 Å². The number of ketones is 1. The van der Waals surface area contributed by atoms with Crippen LogP contribution in [0.25, 0.3) is 0 Å². The van der Waals surface area contributed by atoms with Gasteiger partial charge in [-0.25, -0.2) is 4.79 Å². The Hall–Kier alpha value is -2.14. The van der Waals surface area contributed by atoms with E-state index in [0.717, 1.165) is 16.7 Å². The number of benzene rings is 2. The van der Waals surface area contributed by atoms with E-state index in [-0.39, 0.29) is 23.7 Å². The monoisotopic (exact) mass is 376 g/mol. The van der Waals surface area contributed by atoms with Crippen molar-refractivity contribution in [2.45, 2.75) is 20.8 Å². The number of phenolic OH excluding ortho intramolecular Hbond substituents is 1. The van der Waals surface area contributed by atoms with E-state index in [1.165, 1.54) is 12.1 Å². The van der Waals surface area contributed by atoms with Crippen LogP contribution in [0.1, 0.15) is 37.4 Å². The maximum atomic E-state index is 12.3. The lowest BCUT2D eigenvalue weighted by Crippen LogP contribution is -2.15. The number of halogens is 1. The minimum Gasteiger partial charge on any atom is -0.507 e. The molecule has 23 heavy (non-hydrogen) atoms. The van der Waals surface area contributed by atoms with Crippen LogP contribution in [0.15, 0.2) is 34.8 Å². The largest absolute Gasteiger partial charge is 0.507 e. The zero-order chi connectivity index (χ0) is 17.1. The predicted octanol–water partition coefficient (Wildman–Crippen LogP) is 4.12. The Kier molecular flexibility index (Phi) is 5.21. The molecule has 2 aromatic carbocycles. The van der Waals surface area contributed by atoms with Gasteiger partial charge in [0.2, 0.25) is 5.78 Å². The van der Waals surface area contributed by atoms with Crippen LogP contribution in [-0.4, -0.2) is 23.5 Å². The second kappa shape index (κ2) is 6.96. The number of ether oxygens (including phenoxy) is 1. The highest BCUT2D eigenvalue weighted by Gasteiger charge is 2.17. The van der Waals surface area contributed by atoms with Gasteiger partial charge in [-0.15, -0.1) is 0 Å². The average molecular weight is 377 g/mol. The number of phenols is 1. The van der Waals surface area contributed by atoms with E-state index in [4.69, 9.17) is 4.74 Å². The molecule has 2 aromatic rings. The summed E-state index contributed by atoms with van der Waals surface area (Å²) in [5.41, 5.74) is 3.52. The molecule has 0 aliphatic carbocycles. The first-order valence-corrected chi connectivity index (χ1v) is 7.85. The molecule has 0 amide bonds. The summed E-state index contributed by atoms with van der Waals surface area (Å²) in [5.74, 6) is -1.19. The molecule has 0 unspecified atom stereocenters. The van der Waals surface area contributed by atoms with Crippen LogP contribution < -0.4 is 0 Å². The van der Waals surface area contributed by atoms with Gasteiger partial charge in [0.05, 0.1) is 0 Å². The van der Waals surface area contributed by atoms with Crippen LogP contribution >= 0.6 is 15.9 Å². The lowest BCUT2D eigenvalue weighted by atomic mass is 9.98. The Bertz CT molecular complexity index is 781. The fourth-order valence-corrected chi connectivity index (χ4v) is 2.58. The number of hydrogen-bond donors (Lipinski definition) is 1. The lowest BCUT2D eigenvalue weighted by molar-refractivity contribution is 0.0471. The third-order valence-corrected chi connectivity index (χ3v) is 4.15. The predicted molar refractivity (Wildman–Crippen MR) is 91.1 cm³/mol. The van der Waals surface area contributed by atoms with Crippen molar-refractivity contribution in [3.05, 3.63) is 62.6 Å². The maximum Gasteiger partial charge on any atom is 0.342 e. The quantitative estimate of drug-likeness (QED) is 0.643. The Morgan fingerprint density at radius 1 is 1.00 bits per heavy atom. The van der Waals surface area contributed by atoms with E-state index in [9.17, 15) is 14.7 Å². The molecule has 1 N–H and O–H groups in total. The number of esters is 1. The fourth-order valence-electron chi connectivity index (χ4n) is 2.22. The number of carbonyl (C=O) groups is 2. The number of rotatable bonds is 4. The highest BCUT2D eigenvalue weighted by Crippen LogP contribution is 2.23. The van der Waals surface area contributed by atoms with E-state index in [1.54, 1.807) is 12.1 Å². The maximum absolute atomic E-state index is 12.3. The summed E-state index contributed by atoms with van der Waals surface area (Å²) in [7, 11) is 0. The summed E-state index contributed by atoms with van der Waals surface area (Å²) >= 11 is 3.22. The number of Topliss-reactive ketones (excluding diaryl/α,β-unsaturated/α-hetero) is 1. The van der Waals surface area contributed by atoms with Crippen LogP contribution in [0.3, 0.4) is 0 Å². The number of aryl methyl sites for hydroxylation is 3. The molecule has 0 aromatic heterocycles. The number of hydrogen-bond acceptors (Lipinski definition) is 4. The molecule has 0 saturated heterocycles. The minimum absolute atomic E-state index is 0.0176. The summed E-state index contributed by atoms with van der Waals surface area (Å²) < 4.78 is 5.67. The molecule has 0 heterocycles. The van der Waals surface area contributed by atoms with Crippen molar-refractivity contribution in [2.75, 3.05) is 6.61 Å². The smallest absolute Gasteiger partial charge is 0.342 e. The van der Waals surface area contributed by atoms with Crippen molar-refractivity contribution in [3.8, 4) is 5.75 Å². The molecule has 0 radical (unpaired) electrons. The second-order valence-corrected chi connectivity index (χ2v) is 6.33. The highest BCUT2D eigenvalue weighted by molar-refractivity contribution is 9.10. The number of aromatic hydroxyl groups is 1. The van der Waals surface area contributed by atoms with Crippen LogP contribution in [0.4, 0.5) is 0 Å². The first kappa shape index (κ1) is 17.2. The molecular formula is C18H17BrO4. The first-order valence-electron chi connectivity index (χ1n) is 7.06. The molecule has 0 aliphatic rings. The second-order valence-electron chi connectivity index (χ2n) is 5.41. The molecule has 0 spiro atoms. The molecule has 4 nitrogen and oxygen atoms in total. The topological polar surface area (TPSA) is 63.6 Å². The van der Waals surface area contributed by atoms with Gasteiger partial charge < -0.3 is 9.84 Å². The molecule has 0 atom stereocenters. The molecule has 120 valence electrons. The van der Waals surface area contributed by atoms with Crippen LogP contribution in [-0.2, 0) is 4.74 Å². The van der Waals surface area contributed by atoms with Gasteiger partial charge in [0.15, 0.2) is 6.61 Å². The van der Waals surface area contributed by atoms with Crippen LogP contribution in [0, 0.1) is 20.8 Å². The van der Waals surface area contributed by atoms with Gasteiger partial charge in [0.1, 0.15) is 11.3 Å². The Balaban J connectivity index is 2.11. The van der Waals surface area contributed by atoms with Crippen molar-refractivity contribution in [2.24, 2.45) is 0 Å². The van der Waals surface area contributed by atoms with E-state index in [1.807, 2.05) is 26.8 Å². The Morgan fingerprint density at radius 3 is 2.35 bits per heavy atom. The van der Waals surface area contributed by atoms with Crippen LogP contribution in [0.5, 0.6) is 5.75 Å². The summed E-state index contributed by atoms with van der Waals surface area (Å²) in [6, 6.07) is 8.18. The van der Waals surface area contributed by atoms with Gasteiger partial charge in [-0.3, -0.25) is 4.79 Å². The summed E-state index contributed by atoms with van der Waals surface area (Å²) in [6.07, 6.45) is 0. The van der Waals surface area contributed by atoms with Crippen molar-refractivity contribution < 1.29 is 19.4 Å². The highest BCUT2D eigenvalue weighted by atomic mass is 79.9. The van der Waals surface area contributed by atoms with Gasteiger partial charge >= 0.3 is 5.97 Å². The zero-order valence-electron chi connectivity index (χ0n) is 13.1. The molecule has 0 fully saturated rings. The summed E-state index contributed by atoms with van der Waals surface area (Å²) in [6.45, 7) is 5.39. The van der Waals surface area contributed by atoms with Crippen molar-refractivity contribution in [1.82, 2.24) is 0 Å². The fraction of sp³-hybridized carbons (Fsp3) is 0.222. The van der Waals surface area contributed by atoms with E-state index in [2.05, 4.69) is 15.9 Å².